The van der Waals surface area contributed by atoms with Crippen LogP contribution in [-0.2, 0) is 0 Å². The number of hydrogen-bond donors (Lipinski definition) is 0. The molecule has 1 atom stereocenters. The third-order valence-corrected chi connectivity index (χ3v) is 2.81. The van der Waals surface area contributed by atoms with Crippen molar-refractivity contribution >= 4 is 16.6 Å². The molecule has 0 saturated carbocycles. The van der Waals surface area contributed by atoms with Gasteiger partial charge in [0.2, 0.25) is 5.78 Å². The summed E-state index contributed by atoms with van der Waals surface area (Å²) >= 11 is 0. The molecule has 0 fully saturated rings. The zero-order valence-corrected chi connectivity index (χ0v) is 8.36. The van der Waals surface area contributed by atoms with Crippen LogP contribution in [0.25, 0.3) is 10.8 Å². The Morgan fingerprint density at radius 2 is 1.93 bits per heavy atom. The van der Waals surface area contributed by atoms with E-state index in [0.717, 1.165) is 16.5 Å². The van der Waals surface area contributed by atoms with Crippen LogP contribution in [0.5, 0.6) is 5.75 Å². The lowest BCUT2D eigenvalue weighted by molar-refractivity contribution is 0.0879. The van der Waals surface area contributed by atoms with Gasteiger partial charge in [-0.05, 0) is 18.4 Å². The van der Waals surface area contributed by atoms with E-state index in [-0.39, 0.29) is 11.9 Å². The van der Waals surface area contributed by atoms with E-state index in [1.807, 2.05) is 36.4 Å². The van der Waals surface area contributed by atoms with E-state index in [1.165, 1.54) is 0 Å². The lowest BCUT2D eigenvalue weighted by Gasteiger charge is -2.04. The van der Waals surface area contributed by atoms with Gasteiger partial charge in [-0.1, -0.05) is 30.3 Å². The molecule has 2 nitrogen and oxygen atoms in total. The first-order chi connectivity index (χ1) is 7.27. The minimum absolute atomic E-state index is 0.0794. The third kappa shape index (κ3) is 1.08. The molecule has 0 spiro atoms. The van der Waals surface area contributed by atoms with E-state index < -0.39 is 0 Å². The average molecular weight is 198 g/mol. The Bertz CT molecular complexity index is 557. The molecule has 0 radical (unpaired) electrons. The van der Waals surface area contributed by atoms with E-state index in [9.17, 15) is 4.79 Å². The molecule has 0 aliphatic carbocycles. The number of carbonyl (C=O) groups is 1. The van der Waals surface area contributed by atoms with Gasteiger partial charge in [-0.15, -0.1) is 0 Å². The van der Waals surface area contributed by atoms with Crippen molar-refractivity contribution < 1.29 is 9.53 Å². The minimum atomic E-state index is -0.342. The summed E-state index contributed by atoms with van der Waals surface area (Å²) in [5.74, 6) is 0.821. The van der Waals surface area contributed by atoms with Gasteiger partial charge in [0.05, 0.1) is 5.56 Å². The molecular weight excluding hydrogens is 188 g/mol. The summed E-state index contributed by atoms with van der Waals surface area (Å²) in [5.41, 5.74) is 0.709. The Hall–Kier alpha value is -1.83. The van der Waals surface area contributed by atoms with Crippen LogP contribution < -0.4 is 4.74 Å². The van der Waals surface area contributed by atoms with E-state index in [0.29, 0.717) is 5.56 Å². The second-order valence-electron chi connectivity index (χ2n) is 3.79. The van der Waals surface area contributed by atoms with Gasteiger partial charge >= 0.3 is 0 Å². The van der Waals surface area contributed by atoms with Crippen molar-refractivity contribution in [1.82, 2.24) is 0 Å². The average Bonchev–Trinajstić information content (AvgIpc) is 2.56. The highest BCUT2D eigenvalue weighted by atomic mass is 16.5. The van der Waals surface area contributed by atoms with Crippen LogP contribution in [0.2, 0.25) is 0 Å². The van der Waals surface area contributed by atoms with Crippen molar-refractivity contribution in [2.45, 2.75) is 13.0 Å². The molecule has 0 amide bonds. The van der Waals surface area contributed by atoms with Crippen LogP contribution in [-0.4, -0.2) is 11.9 Å². The van der Waals surface area contributed by atoms with Crippen molar-refractivity contribution in [2.75, 3.05) is 0 Å². The van der Waals surface area contributed by atoms with Crippen molar-refractivity contribution in [1.29, 1.82) is 0 Å². The summed E-state index contributed by atoms with van der Waals surface area (Å²) in [7, 11) is 0. The Morgan fingerprint density at radius 3 is 2.80 bits per heavy atom. The Labute approximate surface area is 87.5 Å². The number of fused-ring (bicyclic) bond motifs is 3. The van der Waals surface area contributed by atoms with Crippen molar-refractivity contribution in [2.24, 2.45) is 0 Å². The Morgan fingerprint density at radius 1 is 1.13 bits per heavy atom. The van der Waals surface area contributed by atoms with Crippen molar-refractivity contribution in [3.63, 3.8) is 0 Å². The van der Waals surface area contributed by atoms with Crippen molar-refractivity contribution in [3.8, 4) is 5.75 Å². The van der Waals surface area contributed by atoms with Gasteiger partial charge in [0, 0.05) is 5.39 Å². The van der Waals surface area contributed by atoms with Crippen LogP contribution in [0, 0.1) is 0 Å². The maximum absolute atomic E-state index is 11.7. The summed E-state index contributed by atoms with van der Waals surface area (Å²) in [5, 5.41) is 2.13. The fourth-order valence-corrected chi connectivity index (χ4v) is 2.01. The zero-order valence-electron chi connectivity index (χ0n) is 8.36. The largest absolute Gasteiger partial charge is 0.481 e. The van der Waals surface area contributed by atoms with Gasteiger partial charge in [-0.25, -0.2) is 0 Å². The molecule has 1 heterocycles. The SMILES string of the molecule is CC1Oc2c(ccc3ccccc23)C1=O. The molecular formula is C13H10O2. The molecule has 15 heavy (non-hydrogen) atoms. The van der Waals surface area contributed by atoms with Crippen LogP contribution in [0.1, 0.15) is 17.3 Å². The highest BCUT2D eigenvalue weighted by Crippen LogP contribution is 2.35. The molecule has 2 aromatic rings. The van der Waals surface area contributed by atoms with Gasteiger partial charge in [0.1, 0.15) is 5.75 Å². The van der Waals surface area contributed by atoms with Crippen LogP contribution in [0.15, 0.2) is 36.4 Å². The normalized spacial score (nSPS) is 19.0. The number of hydrogen-bond acceptors (Lipinski definition) is 2. The summed E-state index contributed by atoms with van der Waals surface area (Å²) in [6.45, 7) is 1.79. The predicted octanol–water partition coefficient (Wildman–Crippen LogP) is 2.80. The molecule has 1 aliphatic rings. The number of carbonyl (C=O) groups excluding carboxylic acids is 1. The highest BCUT2D eigenvalue weighted by Gasteiger charge is 2.29. The number of ketones is 1. The van der Waals surface area contributed by atoms with E-state index in [4.69, 9.17) is 4.74 Å². The van der Waals surface area contributed by atoms with Gasteiger partial charge in [-0.3, -0.25) is 4.79 Å². The first kappa shape index (κ1) is 8.48. The molecule has 2 heteroatoms. The summed E-state index contributed by atoms with van der Waals surface area (Å²) in [4.78, 5) is 11.7. The predicted molar refractivity (Wildman–Crippen MR) is 58.4 cm³/mol. The second kappa shape index (κ2) is 2.83. The summed E-state index contributed by atoms with van der Waals surface area (Å²) in [6, 6.07) is 11.8. The molecule has 74 valence electrons. The monoisotopic (exact) mass is 198 g/mol. The van der Waals surface area contributed by atoms with E-state index in [1.54, 1.807) is 6.92 Å². The fourth-order valence-electron chi connectivity index (χ4n) is 2.01. The lowest BCUT2D eigenvalue weighted by Crippen LogP contribution is -2.14. The second-order valence-corrected chi connectivity index (χ2v) is 3.79. The molecule has 1 unspecified atom stereocenters. The molecule has 0 saturated heterocycles. The van der Waals surface area contributed by atoms with Gasteiger partial charge < -0.3 is 4.74 Å². The van der Waals surface area contributed by atoms with Crippen molar-refractivity contribution in [3.05, 3.63) is 42.0 Å². The van der Waals surface area contributed by atoms with Gasteiger partial charge in [-0.2, -0.15) is 0 Å². The highest BCUT2D eigenvalue weighted by molar-refractivity contribution is 6.09. The maximum atomic E-state index is 11.7. The first-order valence-corrected chi connectivity index (χ1v) is 5.00. The molecule has 0 bridgehead atoms. The fraction of sp³-hybridized carbons (Fsp3) is 0.154. The smallest absolute Gasteiger partial charge is 0.206 e. The Kier molecular flexibility index (Phi) is 1.60. The minimum Gasteiger partial charge on any atom is -0.481 e. The van der Waals surface area contributed by atoms with E-state index in [2.05, 4.69) is 0 Å². The molecule has 2 aromatic carbocycles. The van der Waals surface area contributed by atoms with Gasteiger partial charge in [0.15, 0.2) is 6.10 Å². The van der Waals surface area contributed by atoms with E-state index >= 15 is 0 Å². The first-order valence-electron chi connectivity index (χ1n) is 5.00. The summed E-state index contributed by atoms with van der Waals surface area (Å²) < 4.78 is 5.58. The molecule has 3 rings (SSSR count). The molecule has 1 aliphatic heterocycles. The zero-order chi connectivity index (χ0) is 10.4. The van der Waals surface area contributed by atoms with Crippen LogP contribution in [0.3, 0.4) is 0 Å². The quantitative estimate of drug-likeness (QED) is 0.650. The number of rotatable bonds is 0. The standard InChI is InChI=1S/C13H10O2/c1-8-12(14)11-7-6-9-4-2-3-5-10(9)13(11)15-8/h2-8H,1H3. The number of benzene rings is 2. The number of Topliss-reactive ketones (excluding diaryl/α,β-unsaturated/α-hetero) is 1. The maximum Gasteiger partial charge on any atom is 0.206 e. The Balaban J connectivity index is 2.38. The molecule has 0 aromatic heterocycles. The lowest BCUT2D eigenvalue weighted by atomic mass is 10.0. The summed E-state index contributed by atoms with van der Waals surface area (Å²) in [6.07, 6.45) is -0.342. The molecule has 0 N–H and O–H groups in total. The van der Waals surface area contributed by atoms with Crippen LogP contribution >= 0.6 is 0 Å². The van der Waals surface area contributed by atoms with Gasteiger partial charge in [0.25, 0.3) is 0 Å². The third-order valence-electron chi connectivity index (χ3n) is 2.81. The number of ether oxygens (including phenoxy) is 1. The van der Waals surface area contributed by atoms with Crippen LogP contribution in [0.4, 0.5) is 0 Å². The topological polar surface area (TPSA) is 26.3 Å².